The van der Waals surface area contributed by atoms with Crippen molar-refractivity contribution in [2.75, 3.05) is 6.61 Å². The molecule has 2 aromatic carbocycles. The van der Waals surface area contributed by atoms with Crippen LogP contribution in [0.3, 0.4) is 0 Å². The van der Waals surface area contributed by atoms with Gasteiger partial charge in [0.25, 0.3) is 11.8 Å². The van der Waals surface area contributed by atoms with Crippen molar-refractivity contribution >= 4 is 17.9 Å². The summed E-state index contributed by atoms with van der Waals surface area (Å²) in [4.78, 5) is 23.4. The predicted octanol–water partition coefficient (Wildman–Crippen LogP) is 2.20. The lowest BCUT2D eigenvalue weighted by Crippen LogP contribution is -2.40. The first-order valence-corrected chi connectivity index (χ1v) is 7.22. The largest absolute Gasteiger partial charge is 0.479 e. The minimum absolute atomic E-state index is 0.0364. The summed E-state index contributed by atoms with van der Waals surface area (Å²) in [6.45, 7) is -0.0364. The maximum absolute atomic E-state index is 12.8. The van der Waals surface area contributed by atoms with Gasteiger partial charge in [-0.05, 0) is 48.0 Å². The lowest BCUT2D eigenvalue weighted by molar-refractivity contribution is -0.117. The monoisotopic (exact) mass is 339 g/mol. The second-order valence-electron chi connectivity index (χ2n) is 4.80. The van der Waals surface area contributed by atoms with Crippen LogP contribution in [0.2, 0.25) is 0 Å². The summed E-state index contributed by atoms with van der Waals surface area (Å²) < 4.78 is 17.9. The third-order valence-corrected chi connectivity index (χ3v) is 3.02. The summed E-state index contributed by atoms with van der Waals surface area (Å²) in [5, 5.41) is 8.42. The van der Waals surface area contributed by atoms with E-state index in [-0.39, 0.29) is 12.2 Å². The molecule has 25 heavy (non-hydrogen) atoms. The molecule has 0 fully saturated rings. The molecule has 0 heterocycles. The molecule has 0 spiro atoms. The van der Waals surface area contributed by atoms with Crippen LogP contribution >= 0.6 is 0 Å². The van der Waals surface area contributed by atoms with E-state index >= 15 is 0 Å². The number of carbonyl (C=O) groups excluding carboxylic acids is 2. The molecule has 7 heteroatoms. The van der Waals surface area contributed by atoms with Crippen LogP contribution in [0.4, 0.5) is 4.39 Å². The van der Waals surface area contributed by atoms with Gasteiger partial charge >= 0.3 is 0 Å². The highest BCUT2D eigenvalue weighted by Gasteiger charge is 2.05. The number of hydrogen-bond acceptors (Lipinski definition) is 4. The Morgan fingerprint density at radius 2 is 1.76 bits per heavy atom. The third-order valence-electron chi connectivity index (χ3n) is 3.02. The Morgan fingerprint density at radius 3 is 2.40 bits per heavy atom. The number of halogens is 1. The lowest BCUT2D eigenvalue weighted by atomic mass is 10.2. The SMILES string of the molecule is N#CCOc1ccc(C=CC(=O)NNC(=O)c2ccc(F)cc2)cc1. The summed E-state index contributed by atoms with van der Waals surface area (Å²) in [5.74, 6) is -0.983. The van der Waals surface area contributed by atoms with Crippen molar-refractivity contribution < 1.29 is 18.7 Å². The minimum Gasteiger partial charge on any atom is -0.479 e. The van der Waals surface area contributed by atoms with Gasteiger partial charge in [0.2, 0.25) is 0 Å². The average Bonchev–Trinajstić information content (AvgIpc) is 2.64. The van der Waals surface area contributed by atoms with Crippen molar-refractivity contribution in [1.82, 2.24) is 10.9 Å². The number of amides is 2. The van der Waals surface area contributed by atoms with Crippen molar-refractivity contribution in [3.8, 4) is 11.8 Å². The molecule has 0 saturated carbocycles. The maximum Gasteiger partial charge on any atom is 0.269 e. The number of nitriles is 1. The zero-order valence-corrected chi connectivity index (χ0v) is 13.0. The van der Waals surface area contributed by atoms with Crippen LogP contribution in [0.15, 0.2) is 54.6 Å². The molecule has 0 aliphatic heterocycles. The standard InChI is InChI=1S/C18H14FN3O3/c19-15-6-4-14(5-7-15)18(24)22-21-17(23)10-3-13-1-8-16(9-2-13)25-12-11-20/h1-10H,12H2,(H,21,23)(H,22,24). The van der Waals surface area contributed by atoms with Crippen molar-refractivity contribution in [2.45, 2.75) is 0 Å². The van der Waals surface area contributed by atoms with Crippen LogP contribution in [0.1, 0.15) is 15.9 Å². The molecule has 126 valence electrons. The van der Waals surface area contributed by atoms with Gasteiger partial charge in [-0.1, -0.05) is 12.1 Å². The second kappa shape index (κ2) is 8.84. The molecular weight excluding hydrogens is 325 g/mol. The van der Waals surface area contributed by atoms with Crippen LogP contribution in [0.5, 0.6) is 5.75 Å². The van der Waals surface area contributed by atoms with E-state index in [9.17, 15) is 14.0 Å². The highest BCUT2D eigenvalue weighted by Crippen LogP contribution is 2.12. The van der Waals surface area contributed by atoms with Crippen LogP contribution in [0.25, 0.3) is 6.08 Å². The Hall–Kier alpha value is -3.66. The van der Waals surface area contributed by atoms with Crippen molar-refractivity contribution in [3.63, 3.8) is 0 Å². The lowest BCUT2D eigenvalue weighted by Gasteiger charge is -2.05. The van der Waals surface area contributed by atoms with E-state index in [0.717, 1.165) is 17.7 Å². The normalized spacial score (nSPS) is 10.1. The topological polar surface area (TPSA) is 91.2 Å². The minimum atomic E-state index is -0.555. The van der Waals surface area contributed by atoms with E-state index in [1.54, 1.807) is 30.3 Å². The molecule has 0 atom stereocenters. The van der Waals surface area contributed by atoms with E-state index in [1.807, 2.05) is 6.07 Å². The Morgan fingerprint density at radius 1 is 1.08 bits per heavy atom. The molecule has 2 amide bonds. The van der Waals surface area contributed by atoms with Crippen molar-refractivity contribution in [2.24, 2.45) is 0 Å². The first kappa shape index (κ1) is 17.7. The highest BCUT2D eigenvalue weighted by molar-refractivity contribution is 5.97. The fourth-order valence-electron chi connectivity index (χ4n) is 1.80. The average molecular weight is 339 g/mol. The maximum atomic E-state index is 12.8. The molecule has 0 aliphatic carbocycles. The number of hydrogen-bond donors (Lipinski definition) is 2. The van der Waals surface area contributed by atoms with Gasteiger partial charge in [-0.15, -0.1) is 0 Å². The summed E-state index contributed by atoms with van der Waals surface area (Å²) in [6, 6.07) is 13.6. The third kappa shape index (κ3) is 5.80. The molecule has 0 bridgehead atoms. The number of benzene rings is 2. The van der Waals surface area contributed by atoms with E-state index in [4.69, 9.17) is 10.00 Å². The van der Waals surface area contributed by atoms with Crippen molar-refractivity contribution in [1.29, 1.82) is 5.26 Å². The van der Waals surface area contributed by atoms with Gasteiger partial charge in [0.05, 0.1) is 0 Å². The molecule has 6 nitrogen and oxygen atoms in total. The van der Waals surface area contributed by atoms with E-state index in [2.05, 4.69) is 10.9 Å². The molecule has 2 rings (SSSR count). The molecule has 0 aliphatic rings. The number of nitrogens with zero attached hydrogens (tertiary/aromatic N) is 1. The second-order valence-corrected chi connectivity index (χ2v) is 4.80. The first-order chi connectivity index (χ1) is 12.1. The van der Waals surface area contributed by atoms with Crippen LogP contribution < -0.4 is 15.6 Å². The Balaban J connectivity index is 1.83. The number of nitrogens with one attached hydrogen (secondary N) is 2. The Bertz CT molecular complexity index is 809. The summed E-state index contributed by atoms with van der Waals surface area (Å²) >= 11 is 0. The van der Waals surface area contributed by atoms with Gasteiger partial charge in [-0.2, -0.15) is 5.26 Å². The van der Waals surface area contributed by atoms with E-state index < -0.39 is 17.6 Å². The number of rotatable bonds is 5. The van der Waals surface area contributed by atoms with Gasteiger partial charge in [0.15, 0.2) is 6.61 Å². The smallest absolute Gasteiger partial charge is 0.269 e. The molecule has 0 aromatic heterocycles. The quantitative estimate of drug-likeness (QED) is 0.645. The van der Waals surface area contributed by atoms with Crippen LogP contribution in [0, 0.1) is 17.1 Å². The van der Waals surface area contributed by atoms with E-state index in [1.165, 1.54) is 18.2 Å². The van der Waals surface area contributed by atoms with Gasteiger partial charge in [-0.25, -0.2) is 4.39 Å². The number of carbonyl (C=O) groups is 2. The van der Waals surface area contributed by atoms with E-state index in [0.29, 0.717) is 5.75 Å². The summed E-state index contributed by atoms with van der Waals surface area (Å²) in [6.07, 6.45) is 2.80. The molecule has 2 aromatic rings. The predicted molar refractivity (Wildman–Crippen MR) is 88.6 cm³/mol. The van der Waals surface area contributed by atoms with Gasteiger partial charge in [0, 0.05) is 11.6 Å². The zero-order chi connectivity index (χ0) is 18.1. The zero-order valence-electron chi connectivity index (χ0n) is 13.0. The summed E-state index contributed by atoms with van der Waals surface area (Å²) in [7, 11) is 0. The Labute approximate surface area is 143 Å². The van der Waals surface area contributed by atoms with Crippen molar-refractivity contribution in [3.05, 3.63) is 71.6 Å². The van der Waals surface area contributed by atoms with Crippen LogP contribution in [-0.4, -0.2) is 18.4 Å². The highest BCUT2D eigenvalue weighted by atomic mass is 19.1. The molecule has 2 N–H and O–H groups in total. The molecular formula is C18H14FN3O3. The summed E-state index contributed by atoms with van der Waals surface area (Å²) in [5.41, 5.74) is 5.41. The molecule has 0 radical (unpaired) electrons. The van der Waals surface area contributed by atoms with Gasteiger partial charge in [0.1, 0.15) is 17.6 Å². The fourth-order valence-corrected chi connectivity index (χ4v) is 1.80. The fraction of sp³-hybridized carbons (Fsp3) is 0.0556. The van der Waals surface area contributed by atoms with Gasteiger partial charge < -0.3 is 4.74 Å². The van der Waals surface area contributed by atoms with Crippen LogP contribution in [-0.2, 0) is 4.79 Å². The first-order valence-electron chi connectivity index (χ1n) is 7.22. The molecule has 0 unspecified atom stereocenters. The van der Waals surface area contributed by atoms with Gasteiger partial charge in [-0.3, -0.25) is 20.4 Å². The molecule has 0 saturated heterocycles. The Kier molecular flexibility index (Phi) is 6.25. The number of hydrazine groups is 1. The number of ether oxygens (including phenoxy) is 1.